The largest absolute Gasteiger partial charge is 0.338 e. The first-order valence-electron chi connectivity index (χ1n) is 9.38. The van der Waals surface area contributed by atoms with E-state index in [1.807, 2.05) is 61.5 Å². The summed E-state index contributed by atoms with van der Waals surface area (Å²) in [6, 6.07) is 18.9. The summed E-state index contributed by atoms with van der Waals surface area (Å²) in [6.45, 7) is 1.89. The number of hydrogen-bond donors (Lipinski definition) is 2. The average Bonchev–Trinajstić information content (AvgIpc) is 3.40. The van der Waals surface area contributed by atoms with Crippen molar-refractivity contribution < 1.29 is 4.79 Å². The molecule has 0 fully saturated rings. The van der Waals surface area contributed by atoms with E-state index in [1.165, 1.54) is 0 Å². The molecule has 8 heteroatoms. The number of aromatic amines is 1. The van der Waals surface area contributed by atoms with Crippen LogP contribution in [-0.4, -0.2) is 35.6 Å². The number of para-hydroxylation sites is 2. The zero-order valence-corrected chi connectivity index (χ0v) is 16.1. The van der Waals surface area contributed by atoms with E-state index in [9.17, 15) is 4.79 Å². The van der Waals surface area contributed by atoms with Crippen LogP contribution in [0.1, 0.15) is 16.3 Å². The molecule has 5 rings (SSSR count). The van der Waals surface area contributed by atoms with Gasteiger partial charge in [-0.2, -0.15) is 5.10 Å². The molecule has 0 bridgehead atoms. The number of amides is 1. The number of nitrogens with zero attached hydrogens (tertiary/aromatic N) is 5. The van der Waals surface area contributed by atoms with Crippen LogP contribution in [0.5, 0.6) is 0 Å². The van der Waals surface area contributed by atoms with Crippen molar-refractivity contribution in [3.05, 3.63) is 84.6 Å². The normalized spacial score (nSPS) is 11.0. The fourth-order valence-electron chi connectivity index (χ4n) is 3.12. The van der Waals surface area contributed by atoms with Crippen LogP contribution < -0.4 is 5.32 Å². The van der Waals surface area contributed by atoms with Crippen LogP contribution in [0, 0.1) is 6.92 Å². The van der Waals surface area contributed by atoms with E-state index in [2.05, 4.69) is 30.4 Å². The maximum absolute atomic E-state index is 12.6. The Bertz CT molecular complexity index is 1320. The van der Waals surface area contributed by atoms with Crippen molar-refractivity contribution >= 4 is 22.6 Å². The Hall–Kier alpha value is -4.33. The average molecular weight is 395 g/mol. The standard InChI is InChI=1S/C22H17N7O/c1-14-11-13-29(28-14)19-10-12-23-21(27-19)22(30)24-16-8-6-15(7-9-16)20-25-17-4-2-3-5-18(17)26-20/h2-13H,1H3,(H,24,30)(H,25,26). The van der Waals surface area contributed by atoms with E-state index >= 15 is 0 Å². The molecular weight excluding hydrogens is 378 g/mol. The second-order valence-electron chi connectivity index (χ2n) is 6.77. The molecule has 3 heterocycles. The number of aryl methyl sites for hydroxylation is 1. The minimum absolute atomic E-state index is 0.0713. The number of benzene rings is 2. The van der Waals surface area contributed by atoms with Crippen LogP contribution in [0.2, 0.25) is 0 Å². The van der Waals surface area contributed by atoms with Gasteiger partial charge in [0.15, 0.2) is 5.82 Å². The van der Waals surface area contributed by atoms with Crippen LogP contribution >= 0.6 is 0 Å². The lowest BCUT2D eigenvalue weighted by molar-refractivity contribution is 0.101. The van der Waals surface area contributed by atoms with Gasteiger partial charge in [-0.25, -0.2) is 19.6 Å². The lowest BCUT2D eigenvalue weighted by Crippen LogP contribution is -2.16. The highest BCUT2D eigenvalue weighted by Gasteiger charge is 2.12. The van der Waals surface area contributed by atoms with Gasteiger partial charge in [0, 0.05) is 29.7 Å². The maximum atomic E-state index is 12.6. The van der Waals surface area contributed by atoms with Gasteiger partial charge in [-0.3, -0.25) is 4.79 Å². The van der Waals surface area contributed by atoms with Crippen LogP contribution in [0.4, 0.5) is 5.69 Å². The molecule has 146 valence electrons. The number of carbonyl (C=O) groups is 1. The van der Waals surface area contributed by atoms with Gasteiger partial charge in [0.1, 0.15) is 5.82 Å². The zero-order chi connectivity index (χ0) is 20.5. The molecule has 0 saturated carbocycles. The fraction of sp³-hybridized carbons (Fsp3) is 0.0455. The first kappa shape index (κ1) is 17.7. The highest BCUT2D eigenvalue weighted by atomic mass is 16.2. The number of fused-ring (bicyclic) bond motifs is 1. The zero-order valence-electron chi connectivity index (χ0n) is 16.1. The molecule has 0 spiro atoms. The number of aromatic nitrogens is 6. The topological polar surface area (TPSA) is 101 Å². The minimum atomic E-state index is -0.391. The second-order valence-corrected chi connectivity index (χ2v) is 6.77. The van der Waals surface area contributed by atoms with E-state index in [0.717, 1.165) is 28.1 Å². The van der Waals surface area contributed by atoms with E-state index in [4.69, 9.17) is 0 Å². The monoisotopic (exact) mass is 395 g/mol. The van der Waals surface area contributed by atoms with Gasteiger partial charge in [0.2, 0.25) is 5.82 Å². The van der Waals surface area contributed by atoms with Gasteiger partial charge in [-0.1, -0.05) is 12.1 Å². The summed E-state index contributed by atoms with van der Waals surface area (Å²) >= 11 is 0. The molecule has 2 aromatic carbocycles. The molecule has 0 unspecified atom stereocenters. The van der Waals surface area contributed by atoms with Crippen LogP contribution in [-0.2, 0) is 0 Å². The predicted molar refractivity (Wildman–Crippen MR) is 113 cm³/mol. The molecule has 30 heavy (non-hydrogen) atoms. The van der Waals surface area contributed by atoms with Crippen LogP contribution in [0.25, 0.3) is 28.2 Å². The van der Waals surface area contributed by atoms with Crippen molar-refractivity contribution in [1.82, 2.24) is 29.7 Å². The molecule has 1 amide bonds. The summed E-state index contributed by atoms with van der Waals surface area (Å²) in [5, 5.41) is 7.13. The summed E-state index contributed by atoms with van der Waals surface area (Å²) in [5.74, 6) is 0.988. The highest BCUT2D eigenvalue weighted by molar-refractivity contribution is 6.01. The van der Waals surface area contributed by atoms with E-state index in [1.54, 1.807) is 23.1 Å². The third kappa shape index (κ3) is 3.42. The SMILES string of the molecule is Cc1ccn(-c2ccnc(C(=O)Nc3ccc(-c4nc5ccccc5[nH]4)cc3)n2)n1. The quantitative estimate of drug-likeness (QED) is 0.482. The maximum Gasteiger partial charge on any atom is 0.293 e. The van der Waals surface area contributed by atoms with Crippen molar-refractivity contribution in [2.24, 2.45) is 0 Å². The molecular formula is C22H17N7O. The number of imidazole rings is 1. The summed E-state index contributed by atoms with van der Waals surface area (Å²) in [5.41, 5.74) is 4.33. The van der Waals surface area contributed by atoms with Crippen LogP contribution in [0.15, 0.2) is 73.1 Å². The van der Waals surface area contributed by atoms with Gasteiger partial charge in [-0.05, 0) is 49.4 Å². The Kier molecular flexibility index (Phi) is 4.29. The molecule has 2 N–H and O–H groups in total. The van der Waals surface area contributed by atoms with Crippen molar-refractivity contribution in [2.45, 2.75) is 6.92 Å². The van der Waals surface area contributed by atoms with E-state index in [0.29, 0.717) is 11.5 Å². The summed E-state index contributed by atoms with van der Waals surface area (Å²) in [6.07, 6.45) is 3.33. The highest BCUT2D eigenvalue weighted by Crippen LogP contribution is 2.22. The van der Waals surface area contributed by atoms with Gasteiger partial charge in [0.25, 0.3) is 5.91 Å². The lowest BCUT2D eigenvalue weighted by Gasteiger charge is -2.06. The van der Waals surface area contributed by atoms with E-state index < -0.39 is 5.91 Å². The molecule has 0 aliphatic heterocycles. The Morgan fingerprint density at radius 1 is 1.00 bits per heavy atom. The van der Waals surface area contributed by atoms with Crippen molar-refractivity contribution in [1.29, 1.82) is 0 Å². The molecule has 3 aromatic heterocycles. The van der Waals surface area contributed by atoms with Gasteiger partial charge in [-0.15, -0.1) is 0 Å². The molecule has 0 radical (unpaired) electrons. The number of rotatable bonds is 4. The van der Waals surface area contributed by atoms with Crippen molar-refractivity contribution in [2.75, 3.05) is 5.32 Å². The predicted octanol–water partition coefficient (Wildman–Crippen LogP) is 3.77. The molecule has 0 aliphatic rings. The van der Waals surface area contributed by atoms with Gasteiger partial charge < -0.3 is 10.3 Å². The smallest absolute Gasteiger partial charge is 0.293 e. The Balaban J connectivity index is 1.34. The Morgan fingerprint density at radius 2 is 1.83 bits per heavy atom. The Labute approximate surface area is 171 Å². The molecule has 5 aromatic rings. The number of hydrogen-bond acceptors (Lipinski definition) is 5. The van der Waals surface area contributed by atoms with Gasteiger partial charge in [0.05, 0.1) is 16.7 Å². The number of H-pyrrole nitrogens is 1. The first-order valence-corrected chi connectivity index (χ1v) is 9.38. The minimum Gasteiger partial charge on any atom is -0.338 e. The number of nitrogens with one attached hydrogen (secondary N) is 2. The summed E-state index contributed by atoms with van der Waals surface area (Å²) in [7, 11) is 0. The van der Waals surface area contributed by atoms with Gasteiger partial charge >= 0.3 is 0 Å². The fourth-order valence-corrected chi connectivity index (χ4v) is 3.12. The lowest BCUT2D eigenvalue weighted by atomic mass is 10.2. The molecule has 0 atom stereocenters. The summed E-state index contributed by atoms with van der Waals surface area (Å²) < 4.78 is 1.61. The van der Waals surface area contributed by atoms with Crippen LogP contribution in [0.3, 0.4) is 0 Å². The van der Waals surface area contributed by atoms with Crippen molar-refractivity contribution in [3.8, 4) is 17.2 Å². The first-order chi connectivity index (χ1) is 14.7. The number of carbonyl (C=O) groups excluding carboxylic acids is 1. The second kappa shape index (κ2) is 7.25. The third-order valence-electron chi connectivity index (χ3n) is 4.61. The molecule has 0 saturated heterocycles. The molecule has 0 aliphatic carbocycles. The third-order valence-corrected chi connectivity index (χ3v) is 4.61. The molecule has 8 nitrogen and oxygen atoms in total. The number of anilines is 1. The van der Waals surface area contributed by atoms with Crippen molar-refractivity contribution in [3.63, 3.8) is 0 Å². The summed E-state index contributed by atoms with van der Waals surface area (Å²) in [4.78, 5) is 28.9. The van der Waals surface area contributed by atoms with E-state index in [-0.39, 0.29) is 5.82 Å². The Morgan fingerprint density at radius 3 is 2.60 bits per heavy atom.